The van der Waals surface area contributed by atoms with Crippen LogP contribution >= 0.6 is 0 Å². The number of aliphatic imine (C=N–C) groups is 1. The zero-order valence-electron chi connectivity index (χ0n) is 15.2. The molecule has 27 heavy (non-hydrogen) atoms. The fourth-order valence-corrected chi connectivity index (χ4v) is 2.64. The van der Waals surface area contributed by atoms with E-state index in [1.807, 2.05) is 12.1 Å². The maximum Gasteiger partial charge on any atom is 0.573 e. The summed E-state index contributed by atoms with van der Waals surface area (Å²) in [5.74, 6) is 0.648. The Morgan fingerprint density at radius 2 is 1.89 bits per heavy atom. The SMILES string of the molecule is CCN(CC)C(CN=C(N)Nc1ccc(OC(F)(F)F)cc1)c1ccco1. The van der Waals surface area contributed by atoms with Crippen molar-refractivity contribution >= 4 is 11.6 Å². The summed E-state index contributed by atoms with van der Waals surface area (Å²) in [6, 6.07) is 8.91. The quantitative estimate of drug-likeness (QED) is 0.532. The van der Waals surface area contributed by atoms with Gasteiger partial charge in [-0.1, -0.05) is 13.8 Å². The predicted molar refractivity (Wildman–Crippen MR) is 97.6 cm³/mol. The third-order valence-corrected chi connectivity index (χ3v) is 3.92. The predicted octanol–water partition coefficient (Wildman–Crippen LogP) is 3.99. The molecule has 1 heterocycles. The van der Waals surface area contributed by atoms with E-state index in [4.69, 9.17) is 10.2 Å². The summed E-state index contributed by atoms with van der Waals surface area (Å²) in [6.07, 6.45) is -3.11. The van der Waals surface area contributed by atoms with E-state index in [0.29, 0.717) is 12.2 Å². The molecular formula is C18H23F3N4O2. The Balaban J connectivity index is 2.01. The van der Waals surface area contributed by atoms with Crippen LogP contribution in [0.2, 0.25) is 0 Å². The van der Waals surface area contributed by atoms with Gasteiger partial charge in [-0.3, -0.25) is 9.89 Å². The standard InChI is InChI=1S/C18H23F3N4O2/c1-3-25(4-2)15(16-6-5-11-26-16)12-23-17(22)24-13-7-9-14(10-8-13)27-18(19,20)21/h5-11,15H,3-4,12H2,1-2H3,(H3,22,23,24). The van der Waals surface area contributed by atoms with Gasteiger partial charge in [0, 0.05) is 5.69 Å². The van der Waals surface area contributed by atoms with E-state index < -0.39 is 6.36 Å². The minimum absolute atomic E-state index is 0.0575. The largest absolute Gasteiger partial charge is 0.573 e. The van der Waals surface area contributed by atoms with Crippen LogP contribution in [0.25, 0.3) is 0 Å². The van der Waals surface area contributed by atoms with Crippen LogP contribution in [-0.2, 0) is 0 Å². The molecule has 1 aromatic heterocycles. The van der Waals surface area contributed by atoms with Gasteiger partial charge in [-0.25, -0.2) is 0 Å². The van der Waals surface area contributed by atoms with Crippen LogP contribution in [0.4, 0.5) is 18.9 Å². The Morgan fingerprint density at radius 1 is 1.22 bits per heavy atom. The van der Waals surface area contributed by atoms with Crippen LogP contribution in [0.15, 0.2) is 52.1 Å². The zero-order chi connectivity index (χ0) is 19.9. The van der Waals surface area contributed by atoms with Crippen molar-refractivity contribution in [1.29, 1.82) is 0 Å². The highest BCUT2D eigenvalue weighted by Gasteiger charge is 2.30. The summed E-state index contributed by atoms with van der Waals surface area (Å²) in [4.78, 5) is 6.54. The number of hydrogen-bond acceptors (Lipinski definition) is 4. The van der Waals surface area contributed by atoms with Crippen LogP contribution in [0, 0.1) is 0 Å². The van der Waals surface area contributed by atoms with Gasteiger partial charge in [0.1, 0.15) is 11.5 Å². The molecule has 0 fully saturated rings. The first-order valence-electron chi connectivity index (χ1n) is 8.52. The van der Waals surface area contributed by atoms with Gasteiger partial charge in [0.25, 0.3) is 0 Å². The fourth-order valence-electron chi connectivity index (χ4n) is 2.64. The molecule has 1 aromatic carbocycles. The highest BCUT2D eigenvalue weighted by molar-refractivity contribution is 5.92. The molecule has 6 nitrogen and oxygen atoms in total. The number of nitrogens with two attached hydrogens (primary N) is 1. The van der Waals surface area contributed by atoms with Crippen molar-refractivity contribution in [1.82, 2.24) is 4.90 Å². The molecule has 0 aliphatic rings. The summed E-state index contributed by atoms with van der Waals surface area (Å²) >= 11 is 0. The molecule has 148 valence electrons. The highest BCUT2D eigenvalue weighted by atomic mass is 19.4. The second-order valence-corrected chi connectivity index (χ2v) is 5.68. The van der Waals surface area contributed by atoms with Gasteiger partial charge in [-0.05, 0) is 49.5 Å². The zero-order valence-corrected chi connectivity index (χ0v) is 15.2. The average Bonchev–Trinajstić information content (AvgIpc) is 3.13. The Morgan fingerprint density at radius 3 is 2.41 bits per heavy atom. The molecule has 2 rings (SSSR count). The molecule has 0 aliphatic heterocycles. The van der Waals surface area contributed by atoms with Gasteiger partial charge in [-0.2, -0.15) is 0 Å². The van der Waals surface area contributed by atoms with Crippen molar-refractivity contribution in [2.24, 2.45) is 10.7 Å². The number of furan rings is 1. The van der Waals surface area contributed by atoms with Gasteiger partial charge < -0.3 is 20.2 Å². The summed E-state index contributed by atoms with van der Waals surface area (Å²) in [7, 11) is 0. The molecular weight excluding hydrogens is 361 g/mol. The van der Waals surface area contributed by atoms with Crippen LogP contribution in [-0.4, -0.2) is 36.9 Å². The number of ether oxygens (including phenoxy) is 1. The number of nitrogens with zero attached hydrogens (tertiary/aromatic N) is 2. The molecule has 0 amide bonds. The van der Waals surface area contributed by atoms with E-state index in [1.165, 1.54) is 24.3 Å². The second kappa shape index (κ2) is 9.31. The topological polar surface area (TPSA) is 76.0 Å². The number of likely N-dealkylation sites (N-methyl/N-ethyl adjacent to an activating group) is 1. The lowest BCUT2D eigenvalue weighted by Crippen LogP contribution is -2.31. The third-order valence-electron chi connectivity index (χ3n) is 3.92. The van der Waals surface area contributed by atoms with Crippen molar-refractivity contribution in [3.63, 3.8) is 0 Å². The van der Waals surface area contributed by atoms with Crippen LogP contribution in [0.5, 0.6) is 5.75 Å². The van der Waals surface area contributed by atoms with E-state index >= 15 is 0 Å². The summed E-state index contributed by atoms with van der Waals surface area (Å²) in [6.45, 7) is 6.13. The maximum absolute atomic E-state index is 12.2. The minimum atomic E-state index is -4.72. The number of guanidine groups is 1. The van der Waals surface area contributed by atoms with E-state index in [-0.39, 0.29) is 17.8 Å². The lowest BCUT2D eigenvalue weighted by Gasteiger charge is -2.26. The number of alkyl halides is 3. The van der Waals surface area contributed by atoms with Crippen LogP contribution < -0.4 is 15.8 Å². The number of rotatable bonds is 8. The monoisotopic (exact) mass is 384 g/mol. The minimum Gasteiger partial charge on any atom is -0.468 e. The number of nitrogens with one attached hydrogen (secondary N) is 1. The number of hydrogen-bond donors (Lipinski definition) is 2. The van der Waals surface area contributed by atoms with E-state index in [0.717, 1.165) is 18.8 Å². The van der Waals surface area contributed by atoms with Crippen molar-refractivity contribution in [2.75, 3.05) is 25.0 Å². The molecule has 1 atom stereocenters. The molecule has 0 saturated carbocycles. The number of halogens is 3. The lowest BCUT2D eigenvalue weighted by molar-refractivity contribution is -0.274. The summed E-state index contributed by atoms with van der Waals surface area (Å²) in [5, 5.41) is 2.85. The molecule has 0 bridgehead atoms. The van der Waals surface area contributed by atoms with Gasteiger partial charge in [0.15, 0.2) is 5.96 Å². The number of benzene rings is 1. The van der Waals surface area contributed by atoms with E-state index in [2.05, 4.69) is 33.8 Å². The Hall–Kier alpha value is -2.68. The van der Waals surface area contributed by atoms with Crippen molar-refractivity contribution in [3.05, 3.63) is 48.4 Å². The smallest absolute Gasteiger partial charge is 0.468 e. The molecule has 0 spiro atoms. The average molecular weight is 384 g/mol. The Labute approximate surface area is 155 Å². The second-order valence-electron chi connectivity index (χ2n) is 5.68. The van der Waals surface area contributed by atoms with Gasteiger partial charge in [-0.15, -0.1) is 13.2 Å². The molecule has 0 aliphatic carbocycles. The Kier molecular flexibility index (Phi) is 7.12. The molecule has 2 aromatic rings. The Bertz CT molecular complexity index is 711. The first-order chi connectivity index (χ1) is 12.8. The van der Waals surface area contributed by atoms with Gasteiger partial charge in [0.2, 0.25) is 0 Å². The van der Waals surface area contributed by atoms with Gasteiger partial charge in [0.05, 0.1) is 18.8 Å². The molecule has 0 saturated heterocycles. The summed E-state index contributed by atoms with van der Waals surface area (Å²) < 4.78 is 45.9. The molecule has 0 radical (unpaired) electrons. The van der Waals surface area contributed by atoms with Gasteiger partial charge >= 0.3 is 6.36 Å². The molecule has 9 heteroatoms. The normalized spacial score (nSPS) is 13.6. The molecule has 3 N–H and O–H groups in total. The van der Waals surface area contributed by atoms with Crippen molar-refractivity contribution < 1.29 is 22.3 Å². The van der Waals surface area contributed by atoms with E-state index in [9.17, 15) is 13.2 Å². The summed E-state index contributed by atoms with van der Waals surface area (Å²) in [5.41, 5.74) is 6.41. The molecule has 1 unspecified atom stereocenters. The first-order valence-corrected chi connectivity index (χ1v) is 8.52. The maximum atomic E-state index is 12.2. The first kappa shape index (κ1) is 20.6. The lowest BCUT2D eigenvalue weighted by atomic mass is 10.2. The van der Waals surface area contributed by atoms with Crippen molar-refractivity contribution in [3.8, 4) is 5.75 Å². The fraction of sp³-hybridized carbons (Fsp3) is 0.389. The van der Waals surface area contributed by atoms with Crippen molar-refractivity contribution in [2.45, 2.75) is 26.3 Å². The highest BCUT2D eigenvalue weighted by Crippen LogP contribution is 2.24. The van der Waals surface area contributed by atoms with Crippen LogP contribution in [0.1, 0.15) is 25.6 Å². The third kappa shape index (κ3) is 6.52. The van der Waals surface area contributed by atoms with E-state index in [1.54, 1.807) is 6.26 Å². The number of anilines is 1. The van der Waals surface area contributed by atoms with Crippen LogP contribution in [0.3, 0.4) is 0 Å².